The van der Waals surface area contributed by atoms with Crippen LogP contribution in [-0.4, -0.2) is 36.1 Å². The van der Waals surface area contributed by atoms with Gasteiger partial charge >= 0.3 is 0 Å². The summed E-state index contributed by atoms with van der Waals surface area (Å²) in [7, 11) is 1.99. The maximum atomic E-state index is 4.54. The first-order valence-electron chi connectivity index (χ1n) is 5.70. The van der Waals surface area contributed by atoms with Gasteiger partial charge in [0.05, 0.1) is 0 Å². The molecule has 0 radical (unpaired) electrons. The Morgan fingerprint density at radius 1 is 1.62 bits per heavy atom. The van der Waals surface area contributed by atoms with Crippen LogP contribution in [0.15, 0.2) is 6.20 Å². The molecule has 1 aliphatic heterocycles. The van der Waals surface area contributed by atoms with Gasteiger partial charge in [-0.1, -0.05) is 6.92 Å². The summed E-state index contributed by atoms with van der Waals surface area (Å²) >= 11 is 3.87. The summed E-state index contributed by atoms with van der Waals surface area (Å²) in [4.78, 5) is 8.28. The van der Waals surface area contributed by atoms with Crippen LogP contribution in [-0.2, 0) is 0 Å². The van der Waals surface area contributed by atoms with Gasteiger partial charge in [-0.3, -0.25) is 0 Å². The summed E-state index contributed by atoms with van der Waals surface area (Å²) in [6.07, 6.45) is 2.01. The van der Waals surface area contributed by atoms with E-state index in [4.69, 9.17) is 0 Å². The van der Waals surface area contributed by atoms with Crippen molar-refractivity contribution in [3.05, 3.63) is 11.1 Å². The molecule has 2 unspecified atom stereocenters. The monoisotopic (exact) mass is 257 g/mol. The molecule has 16 heavy (non-hydrogen) atoms. The molecule has 1 aromatic rings. The molecule has 1 aliphatic rings. The van der Waals surface area contributed by atoms with Gasteiger partial charge in [-0.2, -0.15) is 11.8 Å². The zero-order valence-electron chi connectivity index (χ0n) is 10.1. The Kier molecular flexibility index (Phi) is 4.10. The number of thioether (sulfide) groups is 1. The third kappa shape index (κ3) is 2.70. The van der Waals surface area contributed by atoms with Crippen molar-refractivity contribution in [1.29, 1.82) is 0 Å². The van der Waals surface area contributed by atoms with Crippen molar-refractivity contribution in [2.24, 2.45) is 0 Å². The Morgan fingerprint density at radius 2 is 2.44 bits per heavy atom. The lowest BCUT2D eigenvalue weighted by Crippen LogP contribution is -2.36. The van der Waals surface area contributed by atoms with E-state index >= 15 is 0 Å². The molecule has 2 rings (SSSR count). The highest BCUT2D eigenvalue weighted by molar-refractivity contribution is 8.00. The SMILES string of the molecule is CNC(C)c1cnc(N2CCSC(C)C2)s1. The number of aromatic nitrogens is 1. The summed E-state index contributed by atoms with van der Waals surface area (Å²) in [5, 5.41) is 5.16. The number of hydrogen-bond donors (Lipinski definition) is 1. The molecule has 2 atom stereocenters. The van der Waals surface area contributed by atoms with Crippen LogP contribution < -0.4 is 10.2 Å². The van der Waals surface area contributed by atoms with E-state index in [1.54, 1.807) is 0 Å². The van der Waals surface area contributed by atoms with Crippen molar-refractivity contribution in [2.75, 3.05) is 30.8 Å². The Labute approximate surface area is 106 Å². The minimum absolute atomic E-state index is 0.405. The van der Waals surface area contributed by atoms with Crippen molar-refractivity contribution in [2.45, 2.75) is 25.1 Å². The van der Waals surface area contributed by atoms with E-state index in [1.807, 2.05) is 24.6 Å². The van der Waals surface area contributed by atoms with Crippen molar-refractivity contribution >= 4 is 28.2 Å². The van der Waals surface area contributed by atoms with E-state index < -0.39 is 0 Å². The van der Waals surface area contributed by atoms with E-state index in [0.29, 0.717) is 6.04 Å². The smallest absolute Gasteiger partial charge is 0.185 e. The van der Waals surface area contributed by atoms with Crippen LogP contribution in [0.3, 0.4) is 0 Å². The molecular weight excluding hydrogens is 238 g/mol. The van der Waals surface area contributed by atoms with Crippen LogP contribution in [0.1, 0.15) is 24.8 Å². The van der Waals surface area contributed by atoms with E-state index in [-0.39, 0.29) is 0 Å². The highest BCUT2D eigenvalue weighted by Crippen LogP contribution is 2.30. The lowest BCUT2D eigenvalue weighted by Gasteiger charge is -2.30. The van der Waals surface area contributed by atoms with Gasteiger partial charge in [0.15, 0.2) is 5.13 Å². The van der Waals surface area contributed by atoms with E-state index in [1.165, 1.54) is 15.8 Å². The molecule has 0 aromatic carbocycles. The van der Waals surface area contributed by atoms with Gasteiger partial charge in [0.25, 0.3) is 0 Å². The van der Waals surface area contributed by atoms with Gasteiger partial charge in [-0.05, 0) is 14.0 Å². The first-order valence-corrected chi connectivity index (χ1v) is 7.56. The van der Waals surface area contributed by atoms with Crippen LogP contribution in [0.5, 0.6) is 0 Å². The summed E-state index contributed by atoms with van der Waals surface area (Å²) in [5.74, 6) is 1.22. The number of hydrogen-bond acceptors (Lipinski definition) is 5. The number of nitrogens with one attached hydrogen (secondary N) is 1. The van der Waals surface area contributed by atoms with E-state index in [9.17, 15) is 0 Å². The van der Waals surface area contributed by atoms with E-state index in [2.05, 4.69) is 40.8 Å². The minimum Gasteiger partial charge on any atom is -0.346 e. The minimum atomic E-state index is 0.405. The average molecular weight is 257 g/mol. The molecule has 1 aromatic heterocycles. The molecule has 0 saturated carbocycles. The quantitative estimate of drug-likeness (QED) is 0.900. The molecule has 1 N–H and O–H groups in total. The summed E-state index contributed by atoms with van der Waals surface area (Å²) in [5.41, 5.74) is 0. The maximum Gasteiger partial charge on any atom is 0.185 e. The molecule has 0 amide bonds. The normalized spacial score (nSPS) is 23.4. The largest absolute Gasteiger partial charge is 0.346 e. The standard InChI is InChI=1S/C11H19N3S2/c1-8-7-14(4-5-15-8)11-13-6-10(16-11)9(2)12-3/h6,8-9,12H,4-5,7H2,1-3H3. The summed E-state index contributed by atoms with van der Waals surface area (Å²) in [6, 6.07) is 0.405. The van der Waals surface area contributed by atoms with Crippen LogP contribution in [0, 0.1) is 0 Å². The van der Waals surface area contributed by atoms with Crippen LogP contribution >= 0.6 is 23.1 Å². The first kappa shape index (κ1) is 12.2. The lowest BCUT2D eigenvalue weighted by molar-refractivity contribution is 0.662. The highest BCUT2D eigenvalue weighted by atomic mass is 32.2. The second-order valence-corrected chi connectivity index (χ2v) is 6.77. The van der Waals surface area contributed by atoms with Gasteiger partial charge in [0, 0.05) is 41.2 Å². The first-order chi connectivity index (χ1) is 7.70. The molecule has 0 aliphatic carbocycles. The number of nitrogens with zero attached hydrogens (tertiary/aromatic N) is 2. The Balaban J connectivity index is 2.06. The van der Waals surface area contributed by atoms with Crippen molar-refractivity contribution in [3.63, 3.8) is 0 Å². The third-order valence-electron chi connectivity index (χ3n) is 2.88. The second-order valence-electron chi connectivity index (χ2n) is 4.18. The van der Waals surface area contributed by atoms with Gasteiger partial charge in [0.1, 0.15) is 0 Å². The maximum absolute atomic E-state index is 4.54. The fraction of sp³-hybridized carbons (Fsp3) is 0.727. The lowest BCUT2D eigenvalue weighted by atomic mass is 10.3. The number of thiazole rings is 1. The molecule has 2 heterocycles. The van der Waals surface area contributed by atoms with Gasteiger partial charge in [-0.15, -0.1) is 11.3 Å². The molecule has 1 fully saturated rings. The zero-order valence-corrected chi connectivity index (χ0v) is 11.7. The predicted molar refractivity (Wildman–Crippen MR) is 73.7 cm³/mol. The molecular formula is C11H19N3S2. The third-order valence-corrected chi connectivity index (χ3v) is 5.26. The van der Waals surface area contributed by atoms with Gasteiger partial charge in [0.2, 0.25) is 0 Å². The van der Waals surface area contributed by atoms with E-state index in [0.717, 1.165) is 18.3 Å². The molecule has 1 saturated heterocycles. The predicted octanol–water partition coefficient (Wildman–Crippen LogP) is 2.37. The topological polar surface area (TPSA) is 28.2 Å². The number of rotatable bonds is 3. The van der Waals surface area contributed by atoms with Crippen molar-refractivity contribution in [3.8, 4) is 0 Å². The Hall–Kier alpha value is -0.260. The summed E-state index contributed by atoms with van der Waals surface area (Å²) in [6.45, 7) is 6.73. The Morgan fingerprint density at radius 3 is 3.12 bits per heavy atom. The number of anilines is 1. The fourth-order valence-corrected chi connectivity index (χ4v) is 3.78. The Bertz CT molecular complexity index is 340. The average Bonchev–Trinajstić information content (AvgIpc) is 2.77. The highest BCUT2D eigenvalue weighted by Gasteiger charge is 2.20. The van der Waals surface area contributed by atoms with Crippen LogP contribution in [0.25, 0.3) is 0 Å². The molecule has 90 valence electrons. The van der Waals surface area contributed by atoms with Gasteiger partial charge in [-0.25, -0.2) is 4.98 Å². The molecule has 5 heteroatoms. The fourth-order valence-electron chi connectivity index (χ4n) is 1.76. The molecule has 0 bridgehead atoms. The molecule has 0 spiro atoms. The van der Waals surface area contributed by atoms with Crippen molar-refractivity contribution < 1.29 is 0 Å². The van der Waals surface area contributed by atoms with Crippen molar-refractivity contribution in [1.82, 2.24) is 10.3 Å². The molecule has 3 nitrogen and oxygen atoms in total. The summed E-state index contributed by atoms with van der Waals surface area (Å²) < 4.78 is 0. The van der Waals surface area contributed by atoms with Crippen LogP contribution in [0.4, 0.5) is 5.13 Å². The second kappa shape index (κ2) is 5.38. The van der Waals surface area contributed by atoms with Crippen LogP contribution in [0.2, 0.25) is 0 Å². The van der Waals surface area contributed by atoms with Gasteiger partial charge < -0.3 is 10.2 Å². The zero-order chi connectivity index (χ0) is 11.5.